The van der Waals surface area contributed by atoms with E-state index in [2.05, 4.69) is 12.1 Å². The highest BCUT2D eigenvalue weighted by molar-refractivity contribution is 6.09. The summed E-state index contributed by atoms with van der Waals surface area (Å²) in [5, 5.41) is 9.26. The maximum atomic E-state index is 12.5. The highest BCUT2D eigenvalue weighted by atomic mass is 16.5. The van der Waals surface area contributed by atoms with E-state index in [1.54, 1.807) is 14.0 Å². The Hall–Kier alpha value is -2.08. The van der Waals surface area contributed by atoms with Crippen LogP contribution >= 0.6 is 0 Å². The van der Waals surface area contributed by atoms with E-state index in [9.17, 15) is 10.1 Å². The average molecular weight is 267 g/mol. The summed E-state index contributed by atoms with van der Waals surface area (Å²) in [7, 11) is 1.66. The number of ketones is 1. The van der Waals surface area contributed by atoms with Crippen LogP contribution in [0.2, 0.25) is 0 Å². The number of hydrogen-bond acceptors (Lipinski definition) is 3. The van der Waals surface area contributed by atoms with Crippen molar-refractivity contribution in [3.05, 3.63) is 34.9 Å². The summed E-state index contributed by atoms with van der Waals surface area (Å²) >= 11 is 0. The van der Waals surface area contributed by atoms with Crippen molar-refractivity contribution in [3.8, 4) is 11.8 Å². The molecule has 0 unspecified atom stereocenters. The molecule has 1 aromatic carbocycles. The third-order valence-electron chi connectivity index (χ3n) is 4.54. The Balaban J connectivity index is 2.09. The Morgan fingerprint density at radius 1 is 1.25 bits per heavy atom. The molecule has 0 aromatic heterocycles. The van der Waals surface area contributed by atoms with E-state index in [0.29, 0.717) is 6.42 Å². The van der Waals surface area contributed by atoms with Crippen molar-refractivity contribution in [2.24, 2.45) is 5.41 Å². The number of carbonyl (C=O) groups is 1. The molecule has 102 valence electrons. The molecule has 0 saturated carbocycles. The Bertz CT molecular complexity index is 666. The number of nitriles is 1. The first-order valence-electron chi connectivity index (χ1n) is 6.94. The molecule has 3 heteroatoms. The molecule has 1 atom stereocenters. The minimum atomic E-state index is -0.831. The lowest BCUT2D eigenvalue weighted by Crippen LogP contribution is -2.33. The quantitative estimate of drug-likeness (QED) is 0.784. The molecular weight excluding hydrogens is 250 g/mol. The maximum Gasteiger partial charge on any atom is 0.179 e. The van der Waals surface area contributed by atoms with Crippen LogP contribution in [0.1, 0.15) is 37.3 Å². The largest absolute Gasteiger partial charge is 0.497 e. The van der Waals surface area contributed by atoms with Crippen molar-refractivity contribution in [1.82, 2.24) is 0 Å². The maximum absolute atomic E-state index is 12.5. The molecule has 0 radical (unpaired) electrons. The Morgan fingerprint density at radius 2 is 2.05 bits per heavy atom. The fraction of sp³-hybridized carbons (Fsp3) is 0.412. The van der Waals surface area contributed by atoms with Crippen LogP contribution in [0.3, 0.4) is 0 Å². The summed E-state index contributed by atoms with van der Waals surface area (Å²) in [6.45, 7) is 1.77. The number of aryl methyl sites for hydroxylation is 1. The molecule has 2 aliphatic carbocycles. The zero-order valence-corrected chi connectivity index (χ0v) is 11.8. The number of rotatable bonds is 1. The number of benzene rings is 1. The standard InChI is InChI=1S/C17H17NO2/c1-17(10-18)8-7-14-13-6-4-12(20-2)9-11(13)3-5-15(14)16(17)19/h4,6,9H,3,5,7-8H2,1-2H3/t17-/m0/s1. The highest BCUT2D eigenvalue weighted by Gasteiger charge is 2.41. The number of hydrogen-bond donors (Lipinski definition) is 0. The first kappa shape index (κ1) is 12.9. The van der Waals surface area contributed by atoms with Crippen molar-refractivity contribution in [1.29, 1.82) is 5.26 Å². The van der Waals surface area contributed by atoms with Gasteiger partial charge in [-0.05, 0) is 61.4 Å². The monoisotopic (exact) mass is 267 g/mol. The van der Waals surface area contributed by atoms with Gasteiger partial charge >= 0.3 is 0 Å². The van der Waals surface area contributed by atoms with Crippen LogP contribution in [0.25, 0.3) is 5.57 Å². The molecule has 0 bridgehead atoms. The molecular formula is C17H17NO2. The summed E-state index contributed by atoms with van der Waals surface area (Å²) in [6, 6.07) is 8.25. The zero-order chi connectivity index (χ0) is 14.3. The van der Waals surface area contributed by atoms with Gasteiger partial charge in [0.15, 0.2) is 5.78 Å². The van der Waals surface area contributed by atoms with E-state index in [1.165, 1.54) is 11.1 Å². The summed E-state index contributed by atoms with van der Waals surface area (Å²) < 4.78 is 5.26. The van der Waals surface area contributed by atoms with Crippen LogP contribution in [-0.4, -0.2) is 12.9 Å². The lowest BCUT2D eigenvalue weighted by atomic mass is 9.68. The number of Topliss-reactive ketones (excluding diaryl/α,β-unsaturated/α-hetero) is 1. The smallest absolute Gasteiger partial charge is 0.179 e. The summed E-state index contributed by atoms with van der Waals surface area (Å²) in [5.74, 6) is 0.888. The second-order valence-electron chi connectivity index (χ2n) is 5.75. The molecule has 2 aliphatic rings. The van der Waals surface area contributed by atoms with Gasteiger partial charge in [-0.3, -0.25) is 4.79 Å². The van der Waals surface area contributed by atoms with Gasteiger partial charge in [-0.25, -0.2) is 0 Å². The van der Waals surface area contributed by atoms with Crippen molar-refractivity contribution < 1.29 is 9.53 Å². The Morgan fingerprint density at radius 3 is 2.75 bits per heavy atom. The minimum Gasteiger partial charge on any atom is -0.497 e. The number of ether oxygens (including phenoxy) is 1. The second-order valence-corrected chi connectivity index (χ2v) is 5.75. The molecule has 0 amide bonds. The van der Waals surface area contributed by atoms with Gasteiger partial charge in [-0.15, -0.1) is 0 Å². The SMILES string of the molecule is COc1ccc2c(c1)CCC1=C2CC[C@@](C)(C#N)C1=O. The first-order valence-corrected chi connectivity index (χ1v) is 6.94. The van der Waals surface area contributed by atoms with Gasteiger partial charge < -0.3 is 4.74 Å². The summed E-state index contributed by atoms with van der Waals surface area (Å²) in [4.78, 5) is 12.5. The number of fused-ring (bicyclic) bond motifs is 2. The van der Waals surface area contributed by atoms with E-state index in [1.807, 2.05) is 12.1 Å². The lowest BCUT2D eigenvalue weighted by molar-refractivity contribution is -0.122. The van der Waals surface area contributed by atoms with Crippen LogP contribution in [0, 0.1) is 16.7 Å². The van der Waals surface area contributed by atoms with Gasteiger partial charge in [0, 0.05) is 5.57 Å². The minimum absolute atomic E-state index is 0.0303. The van der Waals surface area contributed by atoms with Crippen molar-refractivity contribution in [2.75, 3.05) is 7.11 Å². The number of nitrogens with zero attached hydrogens (tertiary/aromatic N) is 1. The summed E-state index contributed by atoms with van der Waals surface area (Å²) in [5.41, 5.74) is 3.60. The lowest BCUT2D eigenvalue weighted by Gasteiger charge is -2.33. The van der Waals surface area contributed by atoms with Crippen LogP contribution in [-0.2, 0) is 11.2 Å². The molecule has 0 N–H and O–H groups in total. The molecule has 3 nitrogen and oxygen atoms in total. The van der Waals surface area contributed by atoms with Gasteiger partial charge in [0.25, 0.3) is 0 Å². The topological polar surface area (TPSA) is 50.1 Å². The average Bonchev–Trinajstić information content (AvgIpc) is 2.50. The molecule has 0 aliphatic heterocycles. The Labute approximate surface area is 118 Å². The molecule has 20 heavy (non-hydrogen) atoms. The fourth-order valence-electron chi connectivity index (χ4n) is 3.24. The van der Waals surface area contributed by atoms with Gasteiger partial charge in [0.2, 0.25) is 0 Å². The predicted molar refractivity (Wildman–Crippen MR) is 76.2 cm³/mol. The van der Waals surface area contributed by atoms with Gasteiger partial charge in [0.1, 0.15) is 11.2 Å². The third kappa shape index (κ3) is 1.76. The number of carbonyl (C=O) groups excluding carboxylic acids is 1. The van der Waals surface area contributed by atoms with Gasteiger partial charge in [-0.2, -0.15) is 5.26 Å². The zero-order valence-electron chi connectivity index (χ0n) is 11.8. The van der Waals surface area contributed by atoms with Crippen molar-refractivity contribution in [2.45, 2.75) is 32.6 Å². The molecule has 0 heterocycles. The molecule has 0 saturated heterocycles. The first-order chi connectivity index (χ1) is 9.59. The van der Waals surface area contributed by atoms with Crippen molar-refractivity contribution in [3.63, 3.8) is 0 Å². The molecule has 1 aromatic rings. The van der Waals surface area contributed by atoms with Crippen LogP contribution in [0.5, 0.6) is 5.75 Å². The number of allylic oxidation sites excluding steroid dienone is 2. The molecule has 0 fully saturated rings. The van der Waals surface area contributed by atoms with Gasteiger partial charge in [-0.1, -0.05) is 6.07 Å². The van der Waals surface area contributed by atoms with Crippen molar-refractivity contribution >= 4 is 11.4 Å². The van der Waals surface area contributed by atoms with E-state index in [4.69, 9.17) is 4.74 Å². The van der Waals surface area contributed by atoms with E-state index in [0.717, 1.165) is 36.2 Å². The molecule has 0 spiro atoms. The highest BCUT2D eigenvalue weighted by Crippen LogP contribution is 2.45. The van der Waals surface area contributed by atoms with Gasteiger partial charge in [0.05, 0.1) is 13.2 Å². The van der Waals surface area contributed by atoms with Crippen LogP contribution < -0.4 is 4.74 Å². The molecule has 3 rings (SSSR count). The predicted octanol–water partition coefficient (Wildman–Crippen LogP) is 3.29. The third-order valence-corrected chi connectivity index (χ3v) is 4.54. The van der Waals surface area contributed by atoms with Crippen LogP contribution in [0.15, 0.2) is 23.8 Å². The second kappa shape index (κ2) is 4.49. The van der Waals surface area contributed by atoms with E-state index < -0.39 is 5.41 Å². The Kier molecular flexibility index (Phi) is 2.90. The van der Waals surface area contributed by atoms with E-state index >= 15 is 0 Å². The normalized spacial score (nSPS) is 24.8. The fourth-order valence-corrected chi connectivity index (χ4v) is 3.24. The number of methoxy groups -OCH3 is 1. The summed E-state index contributed by atoms with van der Waals surface area (Å²) in [6.07, 6.45) is 3.02. The van der Waals surface area contributed by atoms with Crippen LogP contribution in [0.4, 0.5) is 0 Å². The van der Waals surface area contributed by atoms with E-state index in [-0.39, 0.29) is 5.78 Å².